The third-order valence-corrected chi connectivity index (χ3v) is 10.3. The van der Waals surface area contributed by atoms with E-state index in [0.29, 0.717) is 51.5 Å². The number of carbonyl (C=O) groups excluding carboxylic acids is 5. The lowest BCUT2D eigenvalue weighted by Gasteiger charge is -2.39. The number of piperidine rings is 1. The first kappa shape index (κ1) is 33.5. The molecule has 3 heterocycles. The highest BCUT2D eigenvalue weighted by Gasteiger charge is 2.63. The van der Waals surface area contributed by atoms with E-state index in [-0.39, 0.29) is 29.4 Å². The fourth-order valence-electron chi connectivity index (χ4n) is 7.17. The maximum Gasteiger partial charge on any atom is 0.247 e. The van der Waals surface area contributed by atoms with E-state index >= 15 is 0 Å². The summed E-state index contributed by atoms with van der Waals surface area (Å²) in [6.45, 7) is 6.14. The van der Waals surface area contributed by atoms with Crippen LogP contribution in [0.25, 0.3) is 10.9 Å². The van der Waals surface area contributed by atoms with Gasteiger partial charge >= 0.3 is 0 Å². The monoisotopic (exact) mass is 635 g/mol. The van der Waals surface area contributed by atoms with Crippen molar-refractivity contribution in [1.82, 2.24) is 25.6 Å². The number of amides is 4. The van der Waals surface area contributed by atoms with Gasteiger partial charge in [0.2, 0.25) is 23.6 Å². The van der Waals surface area contributed by atoms with E-state index in [4.69, 9.17) is 4.84 Å². The Bertz CT molecular complexity index is 1470. The minimum Gasteiger partial charge on any atom is -0.417 e. The molecule has 3 aliphatic rings. The summed E-state index contributed by atoms with van der Waals surface area (Å²) in [7, 11) is 1.57. The summed E-state index contributed by atoms with van der Waals surface area (Å²) in [5.74, 6) is -1.76. The third kappa shape index (κ3) is 6.64. The number of aromatic nitrogens is 1. The van der Waals surface area contributed by atoms with E-state index < -0.39 is 35.5 Å². The van der Waals surface area contributed by atoms with Gasteiger partial charge in [0.1, 0.15) is 36.6 Å². The van der Waals surface area contributed by atoms with Crippen LogP contribution in [-0.4, -0.2) is 76.4 Å². The standard InChI is InChI=1S/C35H49N5O6/c1-5-22(3)30-32(43)38-35(20-26(35)25-21-40(46-4)28-17-11-10-15-24(25)28)34(45)36-27(16-9-7-8-14-23(41)6-2)33(44)39-19-13-12-18-29(39)31(42)37-30/h10-11,15,17,21-22,26-27,29-30H,5-9,12-14,16,18-20H2,1-4H3,(H,36,45)(H,37,42)(H,38,43)/t22?,26?,27-,29-,30-,35?/m0/s1. The van der Waals surface area contributed by atoms with Gasteiger partial charge in [0.25, 0.3) is 0 Å². The zero-order valence-corrected chi connectivity index (χ0v) is 27.6. The first-order valence-corrected chi connectivity index (χ1v) is 17.0. The van der Waals surface area contributed by atoms with Gasteiger partial charge in [-0.15, -0.1) is 0 Å². The van der Waals surface area contributed by atoms with E-state index in [0.717, 1.165) is 42.1 Å². The van der Waals surface area contributed by atoms with Crippen molar-refractivity contribution in [3.05, 3.63) is 36.0 Å². The van der Waals surface area contributed by atoms with Crippen molar-refractivity contribution in [1.29, 1.82) is 0 Å². The first-order valence-electron chi connectivity index (χ1n) is 17.0. The van der Waals surface area contributed by atoms with Crippen molar-refractivity contribution >= 4 is 40.3 Å². The van der Waals surface area contributed by atoms with Crippen LogP contribution >= 0.6 is 0 Å². The molecule has 0 bridgehead atoms. The van der Waals surface area contributed by atoms with Crippen LogP contribution in [0, 0.1) is 5.92 Å². The number of ketones is 1. The SMILES string of the molecule is CCC(=O)CCCCC[C@@H]1NC(=O)C2(CC2c2cn(OC)c3ccccc23)NC(=O)[C@H](C(C)CC)NC(=O)[C@@H]2CCCCN2C1=O. The van der Waals surface area contributed by atoms with Crippen LogP contribution in [0.1, 0.15) is 103 Å². The summed E-state index contributed by atoms with van der Waals surface area (Å²) in [5, 5.41) is 10.1. The minimum absolute atomic E-state index is 0.195. The Kier molecular flexibility index (Phi) is 10.4. The molecule has 1 saturated carbocycles. The molecule has 11 heteroatoms. The second kappa shape index (κ2) is 14.3. The topological polar surface area (TPSA) is 139 Å². The summed E-state index contributed by atoms with van der Waals surface area (Å²) < 4.78 is 1.65. The molecule has 5 rings (SSSR count). The zero-order valence-electron chi connectivity index (χ0n) is 27.6. The van der Waals surface area contributed by atoms with Gasteiger partial charge in [-0.1, -0.05) is 58.2 Å². The zero-order chi connectivity index (χ0) is 33.0. The molecule has 0 radical (unpaired) electrons. The summed E-state index contributed by atoms with van der Waals surface area (Å²) >= 11 is 0. The van der Waals surface area contributed by atoms with E-state index in [2.05, 4.69) is 16.0 Å². The average Bonchev–Trinajstić information content (AvgIpc) is 3.67. The summed E-state index contributed by atoms with van der Waals surface area (Å²) in [4.78, 5) is 75.5. The predicted octanol–water partition coefficient (Wildman–Crippen LogP) is 3.38. The molecule has 46 heavy (non-hydrogen) atoms. The van der Waals surface area contributed by atoms with Crippen LogP contribution in [0.2, 0.25) is 0 Å². The molecule has 6 atom stereocenters. The van der Waals surface area contributed by atoms with E-state index in [1.165, 1.54) is 0 Å². The molecule has 1 aromatic carbocycles. The number of Topliss-reactive ketones (excluding diaryl/α,β-unsaturated/α-hetero) is 1. The highest BCUT2D eigenvalue weighted by atomic mass is 16.6. The molecule has 3 unspecified atom stereocenters. The largest absolute Gasteiger partial charge is 0.417 e. The Morgan fingerprint density at radius 3 is 2.57 bits per heavy atom. The van der Waals surface area contributed by atoms with Crippen LogP contribution in [0.5, 0.6) is 0 Å². The smallest absolute Gasteiger partial charge is 0.247 e. The summed E-state index contributed by atoms with van der Waals surface area (Å²) in [5.41, 5.74) is 0.407. The molecular formula is C35H49N5O6. The highest BCUT2D eigenvalue weighted by molar-refractivity contribution is 6.02. The van der Waals surface area contributed by atoms with Crippen molar-refractivity contribution in [3.63, 3.8) is 0 Å². The van der Waals surface area contributed by atoms with Gasteiger partial charge in [-0.2, -0.15) is 4.73 Å². The normalized spacial score (nSPS) is 27.6. The van der Waals surface area contributed by atoms with Gasteiger partial charge in [0.05, 0.1) is 5.52 Å². The van der Waals surface area contributed by atoms with E-state index in [1.807, 2.05) is 51.2 Å². The molecule has 2 saturated heterocycles. The summed E-state index contributed by atoms with van der Waals surface area (Å²) in [6, 6.07) is 5.32. The van der Waals surface area contributed by atoms with Crippen LogP contribution in [0.3, 0.4) is 0 Å². The highest BCUT2D eigenvalue weighted by Crippen LogP contribution is 2.54. The molecule has 1 aromatic heterocycles. The van der Waals surface area contributed by atoms with Gasteiger partial charge in [-0.05, 0) is 56.1 Å². The van der Waals surface area contributed by atoms with E-state index in [9.17, 15) is 24.0 Å². The Balaban J connectivity index is 1.50. The molecule has 11 nitrogen and oxygen atoms in total. The minimum atomic E-state index is -1.30. The van der Waals surface area contributed by atoms with Crippen LogP contribution in [-0.2, 0) is 24.0 Å². The van der Waals surface area contributed by atoms with Crippen LogP contribution in [0.4, 0.5) is 0 Å². The van der Waals surface area contributed by atoms with Gasteiger partial charge in [-0.3, -0.25) is 24.0 Å². The number of benzene rings is 1. The molecule has 4 amide bonds. The van der Waals surface area contributed by atoms with Gasteiger partial charge in [-0.25, -0.2) is 0 Å². The van der Waals surface area contributed by atoms with Crippen molar-refractivity contribution in [2.75, 3.05) is 13.7 Å². The number of unbranched alkanes of at least 4 members (excludes halogenated alkanes) is 2. The molecule has 250 valence electrons. The quantitative estimate of drug-likeness (QED) is 0.324. The van der Waals surface area contributed by atoms with Crippen molar-refractivity contribution in [3.8, 4) is 0 Å². The maximum atomic E-state index is 14.4. The number of hydrogen-bond donors (Lipinski definition) is 3. The number of carbonyl (C=O) groups is 5. The molecule has 3 N–H and O–H groups in total. The Morgan fingerprint density at radius 1 is 1.04 bits per heavy atom. The number of nitrogens with zero attached hydrogens (tertiary/aromatic N) is 2. The molecule has 1 aliphatic carbocycles. The average molecular weight is 636 g/mol. The maximum absolute atomic E-state index is 14.4. The number of fused-ring (bicyclic) bond motifs is 2. The molecule has 1 spiro atoms. The molecule has 3 fully saturated rings. The fourth-order valence-corrected chi connectivity index (χ4v) is 7.17. The number of para-hydroxylation sites is 1. The van der Waals surface area contributed by atoms with Crippen molar-refractivity contribution in [2.45, 2.75) is 121 Å². The van der Waals surface area contributed by atoms with Crippen molar-refractivity contribution in [2.24, 2.45) is 5.92 Å². The first-order chi connectivity index (χ1) is 22.1. The Labute approximate surface area is 271 Å². The molecular weight excluding hydrogens is 586 g/mol. The van der Waals surface area contributed by atoms with Crippen LogP contribution < -0.4 is 20.8 Å². The number of hydrogen-bond acceptors (Lipinski definition) is 6. The van der Waals surface area contributed by atoms with Gasteiger partial charge < -0.3 is 25.7 Å². The predicted molar refractivity (Wildman–Crippen MR) is 174 cm³/mol. The van der Waals surface area contributed by atoms with Crippen LogP contribution in [0.15, 0.2) is 30.5 Å². The number of rotatable bonds is 11. The van der Waals surface area contributed by atoms with Gasteiger partial charge in [0.15, 0.2) is 0 Å². The number of nitrogens with one attached hydrogen (secondary N) is 3. The third-order valence-electron chi connectivity index (χ3n) is 10.3. The second-order valence-electron chi connectivity index (χ2n) is 13.3. The second-order valence-corrected chi connectivity index (χ2v) is 13.3. The van der Waals surface area contributed by atoms with Gasteiger partial charge in [0, 0.05) is 36.9 Å². The lowest BCUT2D eigenvalue weighted by molar-refractivity contribution is -0.147. The lowest BCUT2D eigenvalue weighted by atomic mass is 9.94. The summed E-state index contributed by atoms with van der Waals surface area (Å²) in [6.07, 6.45) is 8.38. The lowest BCUT2D eigenvalue weighted by Crippen LogP contribution is -2.64. The van der Waals surface area contributed by atoms with E-state index in [1.54, 1.807) is 16.7 Å². The molecule has 2 aliphatic heterocycles. The fraction of sp³-hybridized carbons (Fsp3) is 0.629. The Morgan fingerprint density at radius 2 is 1.83 bits per heavy atom. The Hall–Kier alpha value is -3.89. The van der Waals surface area contributed by atoms with Crippen molar-refractivity contribution < 1.29 is 28.8 Å². The molecule has 2 aromatic rings.